The largest absolute Gasteiger partial charge is 0.319 e. The van der Waals surface area contributed by atoms with Crippen LogP contribution in [0.2, 0.25) is 0 Å². The molecule has 1 N–H and O–H groups in total. The van der Waals surface area contributed by atoms with Crippen molar-refractivity contribution in [3.8, 4) is 5.82 Å². The molecule has 0 aromatic carbocycles. The summed E-state index contributed by atoms with van der Waals surface area (Å²) in [5.74, 6) is 0.398. The summed E-state index contributed by atoms with van der Waals surface area (Å²) in [6.45, 7) is 0. The zero-order valence-corrected chi connectivity index (χ0v) is 10.3. The molecule has 0 radical (unpaired) electrons. The zero-order valence-electron chi connectivity index (χ0n) is 10.3. The first kappa shape index (κ1) is 12.0. The molecule has 3 aromatic rings. The van der Waals surface area contributed by atoms with Crippen molar-refractivity contribution in [1.82, 2.24) is 24.5 Å². The lowest BCUT2D eigenvalue weighted by Gasteiger charge is -2.05. The van der Waals surface area contributed by atoms with Crippen molar-refractivity contribution in [1.29, 1.82) is 0 Å². The Morgan fingerprint density at radius 2 is 2.00 bits per heavy atom. The van der Waals surface area contributed by atoms with Gasteiger partial charge in [0, 0.05) is 24.8 Å². The minimum atomic E-state index is -0.324. The van der Waals surface area contributed by atoms with Crippen molar-refractivity contribution < 1.29 is 4.79 Å². The monoisotopic (exact) mass is 266 g/mol. The fourth-order valence-corrected chi connectivity index (χ4v) is 1.62. The molecule has 1 amide bonds. The molecule has 0 spiro atoms. The molecule has 0 saturated heterocycles. The van der Waals surface area contributed by atoms with Crippen molar-refractivity contribution in [3.63, 3.8) is 0 Å². The molecular formula is C13H10N6O. The summed E-state index contributed by atoms with van der Waals surface area (Å²) < 4.78 is 1.77. The van der Waals surface area contributed by atoms with Gasteiger partial charge in [-0.2, -0.15) is 0 Å². The number of imidazole rings is 1. The van der Waals surface area contributed by atoms with Gasteiger partial charge in [-0.1, -0.05) is 0 Å². The van der Waals surface area contributed by atoms with Gasteiger partial charge in [0.15, 0.2) is 0 Å². The van der Waals surface area contributed by atoms with Gasteiger partial charge < -0.3 is 5.32 Å². The lowest BCUT2D eigenvalue weighted by molar-refractivity contribution is 0.102. The Balaban J connectivity index is 1.74. The molecule has 3 rings (SSSR count). The van der Waals surface area contributed by atoms with E-state index in [4.69, 9.17) is 0 Å². The van der Waals surface area contributed by atoms with Crippen LogP contribution in [0.4, 0.5) is 5.69 Å². The van der Waals surface area contributed by atoms with Gasteiger partial charge in [-0.3, -0.25) is 14.3 Å². The van der Waals surface area contributed by atoms with Crippen LogP contribution >= 0.6 is 0 Å². The lowest BCUT2D eigenvalue weighted by Crippen LogP contribution is -2.14. The summed E-state index contributed by atoms with van der Waals surface area (Å²) >= 11 is 0. The van der Waals surface area contributed by atoms with Gasteiger partial charge in [0.2, 0.25) is 0 Å². The molecule has 0 saturated carbocycles. The number of hydrogen-bond donors (Lipinski definition) is 1. The van der Waals surface area contributed by atoms with Gasteiger partial charge in [-0.25, -0.2) is 15.0 Å². The Morgan fingerprint density at radius 3 is 2.65 bits per heavy atom. The molecule has 7 heteroatoms. The van der Waals surface area contributed by atoms with Crippen LogP contribution in [-0.2, 0) is 0 Å². The third-order valence-corrected chi connectivity index (χ3v) is 2.57. The molecule has 0 unspecified atom stereocenters. The predicted molar refractivity (Wildman–Crippen MR) is 71.3 cm³/mol. The number of amides is 1. The summed E-state index contributed by atoms with van der Waals surface area (Å²) in [7, 11) is 0. The van der Waals surface area contributed by atoms with Crippen molar-refractivity contribution in [2.45, 2.75) is 0 Å². The zero-order chi connectivity index (χ0) is 13.8. The van der Waals surface area contributed by atoms with E-state index in [2.05, 4.69) is 25.3 Å². The molecule has 3 aromatic heterocycles. The number of pyridine rings is 1. The van der Waals surface area contributed by atoms with E-state index in [0.29, 0.717) is 5.69 Å². The van der Waals surface area contributed by atoms with E-state index >= 15 is 0 Å². The summed E-state index contributed by atoms with van der Waals surface area (Å²) in [4.78, 5) is 27.8. The van der Waals surface area contributed by atoms with Crippen LogP contribution in [0.25, 0.3) is 5.82 Å². The van der Waals surface area contributed by atoms with Gasteiger partial charge in [0.05, 0.1) is 18.1 Å². The first-order chi connectivity index (χ1) is 9.83. The minimum absolute atomic E-state index is 0.256. The van der Waals surface area contributed by atoms with E-state index in [9.17, 15) is 4.79 Å². The second kappa shape index (κ2) is 5.27. The minimum Gasteiger partial charge on any atom is -0.319 e. The lowest BCUT2D eigenvalue weighted by atomic mass is 10.3. The Kier molecular flexibility index (Phi) is 3.15. The quantitative estimate of drug-likeness (QED) is 0.772. The van der Waals surface area contributed by atoms with Crippen LogP contribution in [-0.4, -0.2) is 30.4 Å². The number of aromatic nitrogens is 5. The van der Waals surface area contributed by atoms with Crippen molar-refractivity contribution in [2.24, 2.45) is 0 Å². The molecule has 0 fully saturated rings. The number of carbonyl (C=O) groups is 1. The maximum Gasteiger partial charge on any atom is 0.275 e. The summed E-state index contributed by atoms with van der Waals surface area (Å²) in [5.41, 5.74) is 0.843. The molecule has 0 aliphatic rings. The number of nitrogens with one attached hydrogen (secondary N) is 1. The Labute approximate surface area is 114 Å². The van der Waals surface area contributed by atoms with Gasteiger partial charge in [-0.05, 0) is 12.1 Å². The third kappa shape index (κ3) is 2.51. The summed E-state index contributed by atoms with van der Waals surface area (Å²) in [6, 6.07) is 3.55. The van der Waals surface area contributed by atoms with Gasteiger partial charge in [0.1, 0.15) is 17.8 Å². The first-order valence-corrected chi connectivity index (χ1v) is 5.85. The van der Waals surface area contributed by atoms with Crippen molar-refractivity contribution >= 4 is 11.6 Å². The fourth-order valence-electron chi connectivity index (χ4n) is 1.62. The number of carbonyl (C=O) groups excluding carboxylic acids is 1. The highest BCUT2D eigenvalue weighted by atomic mass is 16.1. The van der Waals surface area contributed by atoms with Gasteiger partial charge in [-0.15, -0.1) is 0 Å². The summed E-state index contributed by atoms with van der Waals surface area (Å²) in [6.07, 6.45) is 11.1. The molecule has 7 nitrogen and oxygen atoms in total. The molecule has 0 aliphatic heterocycles. The predicted octanol–water partition coefficient (Wildman–Crippen LogP) is 1.31. The summed E-state index contributed by atoms with van der Waals surface area (Å²) in [5, 5.41) is 2.70. The van der Waals surface area contributed by atoms with E-state index in [0.717, 1.165) is 5.82 Å². The standard InChI is InChI=1S/C13H10N6O/c20-13(11-8-14-3-4-16-11)18-10-1-2-12(17-7-10)19-6-5-15-9-19/h1-9H,(H,18,20). The Bertz CT molecular complexity index is 693. The fraction of sp³-hybridized carbons (Fsp3) is 0. The highest BCUT2D eigenvalue weighted by Crippen LogP contribution is 2.10. The highest BCUT2D eigenvalue weighted by Gasteiger charge is 2.07. The molecule has 98 valence electrons. The normalized spacial score (nSPS) is 10.2. The van der Waals surface area contributed by atoms with Crippen LogP contribution in [0.5, 0.6) is 0 Å². The topological polar surface area (TPSA) is 85.6 Å². The van der Waals surface area contributed by atoms with Crippen LogP contribution < -0.4 is 5.32 Å². The highest BCUT2D eigenvalue weighted by molar-refractivity contribution is 6.02. The molecule has 0 atom stereocenters. The second-order valence-electron chi connectivity index (χ2n) is 3.92. The average molecular weight is 266 g/mol. The number of hydrogen-bond acceptors (Lipinski definition) is 5. The van der Waals surface area contributed by atoms with Gasteiger partial charge in [0.25, 0.3) is 5.91 Å². The first-order valence-electron chi connectivity index (χ1n) is 5.85. The maximum atomic E-state index is 11.9. The van der Waals surface area contributed by atoms with Crippen molar-refractivity contribution in [3.05, 3.63) is 61.3 Å². The third-order valence-electron chi connectivity index (χ3n) is 2.57. The van der Waals surface area contributed by atoms with E-state index in [-0.39, 0.29) is 11.6 Å². The average Bonchev–Trinajstić information content (AvgIpc) is 3.03. The van der Waals surface area contributed by atoms with E-state index in [1.807, 2.05) is 0 Å². The van der Waals surface area contributed by atoms with Crippen LogP contribution in [0, 0.1) is 0 Å². The molecular weight excluding hydrogens is 256 g/mol. The Hall–Kier alpha value is -3.09. The van der Waals surface area contributed by atoms with Crippen LogP contribution in [0.1, 0.15) is 10.5 Å². The number of nitrogens with zero attached hydrogens (tertiary/aromatic N) is 5. The smallest absolute Gasteiger partial charge is 0.275 e. The molecule has 0 bridgehead atoms. The maximum absolute atomic E-state index is 11.9. The second-order valence-corrected chi connectivity index (χ2v) is 3.92. The van der Waals surface area contributed by atoms with E-state index < -0.39 is 0 Å². The van der Waals surface area contributed by atoms with E-state index in [1.54, 1.807) is 41.6 Å². The number of rotatable bonds is 3. The van der Waals surface area contributed by atoms with Crippen LogP contribution in [0.15, 0.2) is 55.6 Å². The van der Waals surface area contributed by atoms with Crippen LogP contribution in [0.3, 0.4) is 0 Å². The van der Waals surface area contributed by atoms with Crippen molar-refractivity contribution in [2.75, 3.05) is 5.32 Å². The SMILES string of the molecule is O=C(Nc1ccc(-n2ccnc2)nc1)c1cnccn1. The van der Waals surface area contributed by atoms with E-state index in [1.165, 1.54) is 18.6 Å². The molecule has 0 aliphatic carbocycles. The number of anilines is 1. The van der Waals surface area contributed by atoms with Gasteiger partial charge >= 0.3 is 0 Å². The Morgan fingerprint density at radius 1 is 1.05 bits per heavy atom. The molecule has 3 heterocycles. The molecule has 20 heavy (non-hydrogen) atoms.